The van der Waals surface area contributed by atoms with E-state index in [1.165, 1.54) is 5.69 Å². The minimum atomic E-state index is 0.724. The van der Waals surface area contributed by atoms with E-state index in [1.807, 2.05) is 13.1 Å². The summed E-state index contributed by atoms with van der Waals surface area (Å²) in [7, 11) is 1.71. The van der Waals surface area contributed by atoms with Gasteiger partial charge in [-0.2, -0.15) is 0 Å². The van der Waals surface area contributed by atoms with Crippen LogP contribution in [0.4, 0.5) is 0 Å². The van der Waals surface area contributed by atoms with E-state index in [4.69, 9.17) is 9.47 Å². The highest BCUT2D eigenvalue weighted by atomic mass is 16.5. The molecule has 1 N–H and O–H groups in total. The van der Waals surface area contributed by atoms with Crippen molar-refractivity contribution in [3.63, 3.8) is 0 Å². The summed E-state index contributed by atoms with van der Waals surface area (Å²) in [5, 5.41) is 3.41. The number of hydrogen-bond donors (Lipinski definition) is 1. The van der Waals surface area contributed by atoms with Crippen LogP contribution >= 0.6 is 0 Å². The van der Waals surface area contributed by atoms with Crippen molar-refractivity contribution < 1.29 is 9.47 Å². The molecule has 1 aromatic rings. The summed E-state index contributed by atoms with van der Waals surface area (Å²) in [5.74, 6) is 1.05. The van der Waals surface area contributed by atoms with Crippen LogP contribution in [-0.4, -0.2) is 43.0 Å². The molecule has 1 heterocycles. The number of rotatable bonds is 11. The topological polar surface area (TPSA) is 48.3 Å². The summed E-state index contributed by atoms with van der Waals surface area (Å²) >= 11 is 0. The first kappa shape index (κ1) is 16.1. The lowest BCUT2D eigenvalue weighted by Gasteiger charge is -2.11. The Labute approximate surface area is 116 Å². The zero-order chi connectivity index (χ0) is 13.9. The monoisotopic (exact) mass is 269 g/mol. The van der Waals surface area contributed by atoms with Gasteiger partial charge in [-0.25, -0.2) is 4.98 Å². The van der Waals surface area contributed by atoms with Crippen molar-refractivity contribution in [1.82, 2.24) is 14.9 Å². The number of nitrogens with zero attached hydrogens (tertiary/aromatic N) is 2. The fourth-order valence-electron chi connectivity index (χ4n) is 1.92. The molecule has 19 heavy (non-hydrogen) atoms. The second-order valence-electron chi connectivity index (χ2n) is 4.58. The molecule has 0 fully saturated rings. The maximum atomic E-state index is 5.60. The van der Waals surface area contributed by atoms with Crippen LogP contribution in [0.2, 0.25) is 0 Å². The highest BCUT2D eigenvalue weighted by Crippen LogP contribution is 2.04. The zero-order valence-electron chi connectivity index (χ0n) is 12.4. The molecule has 0 unspecified atom stereocenters. The van der Waals surface area contributed by atoms with Crippen LogP contribution in [0.3, 0.4) is 0 Å². The molecule has 0 aliphatic heterocycles. The standard InChI is InChI=1S/C14H27N3O2/c1-4-6-15-11-14-12-16-13(2)17(14)7-10-19-9-5-8-18-3/h12,15H,4-11H2,1-3H3. The SMILES string of the molecule is CCCNCc1cnc(C)n1CCOCCCOC. The molecule has 0 radical (unpaired) electrons. The Balaban J connectivity index is 2.29. The predicted octanol–water partition coefficient (Wildman–Crippen LogP) is 1.74. The van der Waals surface area contributed by atoms with Crippen molar-refractivity contribution in [2.45, 2.75) is 39.8 Å². The second kappa shape index (κ2) is 9.95. The first-order valence-corrected chi connectivity index (χ1v) is 7.08. The summed E-state index contributed by atoms with van der Waals surface area (Å²) in [6.45, 7) is 9.22. The Kier molecular flexibility index (Phi) is 8.45. The van der Waals surface area contributed by atoms with Crippen molar-refractivity contribution in [3.8, 4) is 0 Å². The smallest absolute Gasteiger partial charge is 0.105 e. The molecule has 110 valence electrons. The molecule has 0 bridgehead atoms. The normalized spacial score (nSPS) is 11.1. The largest absolute Gasteiger partial charge is 0.385 e. The van der Waals surface area contributed by atoms with E-state index in [1.54, 1.807) is 7.11 Å². The second-order valence-corrected chi connectivity index (χ2v) is 4.58. The molecule has 0 saturated carbocycles. The first-order chi connectivity index (χ1) is 9.29. The van der Waals surface area contributed by atoms with Crippen LogP contribution < -0.4 is 5.32 Å². The van der Waals surface area contributed by atoms with Crippen LogP contribution in [0, 0.1) is 6.92 Å². The molecule has 1 rings (SSSR count). The Hall–Kier alpha value is -0.910. The van der Waals surface area contributed by atoms with Crippen molar-refractivity contribution in [1.29, 1.82) is 0 Å². The number of ether oxygens (including phenoxy) is 2. The summed E-state index contributed by atoms with van der Waals surface area (Å²) in [4.78, 5) is 4.37. The van der Waals surface area contributed by atoms with Crippen LogP contribution in [-0.2, 0) is 22.6 Å². The molecule has 0 spiro atoms. The van der Waals surface area contributed by atoms with E-state index in [-0.39, 0.29) is 0 Å². The molecule has 0 aliphatic carbocycles. The summed E-state index contributed by atoms with van der Waals surface area (Å²) in [6.07, 6.45) is 4.04. The minimum Gasteiger partial charge on any atom is -0.385 e. The van der Waals surface area contributed by atoms with Gasteiger partial charge in [-0.15, -0.1) is 0 Å². The Bertz CT molecular complexity index is 339. The lowest BCUT2D eigenvalue weighted by Crippen LogP contribution is -2.18. The molecule has 5 heteroatoms. The van der Waals surface area contributed by atoms with Gasteiger partial charge in [0.05, 0.1) is 12.3 Å². The molecule has 5 nitrogen and oxygen atoms in total. The van der Waals surface area contributed by atoms with Gasteiger partial charge in [-0.3, -0.25) is 0 Å². The van der Waals surface area contributed by atoms with E-state index in [0.29, 0.717) is 0 Å². The van der Waals surface area contributed by atoms with Crippen molar-refractivity contribution in [3.05, 3.63) is 17.7 Å². The number of aryl methyl sites for hydroxylation is 1. The molecule has 1 aromatic heterocycles. The third-order valence-electron chi connectivity index (χ3n) is 2.97. The molecule has 0 atom stereocenters. The molecule has 0 aromatic carbocycles. The van der Waals surface area contributed by atoms with E-state index in [9.17, 15) is 0 Å². The summed E-state index contributed by atoms with van der Waals surface area (Å²) in [5.41, 5.74) is 1.23. The van der Waals surface area contributed by atoms with Gasteiger partial charge in [-0.05, 0) is 26.3 Å². The first-order valence-electron chi connectivity index (χ1n) is 7.08. The number of nitrogens with one attached hydrogen (secondary N) is 1. The zero-order valence-corrected chi connectivity index (χ0v) is 12.4. The van der Waals surface area contributed by atoms with Crippen molar-refractivity contribution >= 4 is 0 Å². The lowest BCUT2D eigenvalue weighted by atomic mass is 10.4. The van der Waals surface area contributed by atoms with E-state index in [2.05, 4.69) is 21.8 Å². The highest BCUT2D eigenvalue weighted by molar-refractivity contribution is 5.04. The summed E-state index contributed by atoms with van der Waals surface area (Å²) in [6, 6.07) is 0. The highest BCUT2D eigenvalue weighted by Gasteiger charge is 2.05. The van der Waals surface area contributed by atoms with Gasteiger partial charge in [0.25, 0.3) is 0 Å². The van der Waals surface area contributed by atoms with Gasteiger partial charge in [0, 0.05) is 39.6 Å². The van der Waals surface area contributed by atoms with Gasteiger partial charge < -0.3 is 19.4 Å². The average molecular weight is 269 g/mol. The quantitative estimate of drug-likeness (QED) is 0.622. The maximum absolute atomic E-state index is 5.60. The van der Waals surface area contributed by atoms with Gasteiger partial charge in [0.15, 0.2) is 0 Å². The molecule has 0 amide bonds. The minimum absolute atomic E-state index is 0.724. The molecule has 0 saturated heterocycles. The number of hydrogen-bond acceptors (Lipinski definition) is 4. The van der Waals surface area contributed by atoms with Gasteiger partial charge >= 0.3 is 0 Å². The Morgan fingerprint density at radius 1 is 1.32 bits per heavy atom. The Morgan fingerprint density at radius 3 is 2.89 bits per heavy atom. The molecule has 0 aliphatic rings. The molecular weight excluding hydrogens is 242 g/mol. The Morgan fingerprint density at radius 2 is 2.16 bits per heavy atom. The fraction of sp³-hybridized carbons (Fsp3) is 0.786. The van der Waals surface area contributed by atoms with E-state index >= 15 is 0 Å². The number of methoxy groups -OCH3 is 1. The van der Waals surface area contributed by atoms with Crippen molar-refractivity contribution in [2.24, 2.45) is 0 Å². The van der Waals surface area contributed by atoms with Gasteiger partial charge in [0.2, 0.25) is 0 Å². The van der Waals surface area contributed by atoms with Gasteiger partial charge in [-0.1, -0.05) is 6.92 Å². The maximum Gasteiger partial charge on any atom is 0.105 e. The lowest BCUT2D eigenvalue weighted by molar-refractivity contribution is 0.0970. The van der Waals surface area contributed by atoms with E-state index < -0.39 is 0 Å². The average Bonchev–Trinajstić information content (AvgIpc) is 2.75. The van der Waals surface area contributed by atoms with Crippen LogP contribution in [0.25, 0.3) is 0 Å². The van der Waals surface area contributed by atoms with E-state index in [0.717, 1.165) is 58.1 Å². The van der Waals surface area contributed by atoms with Crippen LogP contribution in [0.5, 0.6) is 0 Å². The van der Waals surface area contributed by atoms with Crippen molar-refractivity contribution in [2.75, 3.05) is 33.5 Å². The third kappa shape index (κ3) is 6.18. The molecular formula is C14H27N3O2. The third-order valence-corrected chi connectivity index (χ3v) is 2.97. The summed E-state index contributed by atoms with van der Waals surface area (Å²) < 4.78 is 12.8. The fourth-order valence-corrected chi connectivity index (χ4v) is 1.92. The number of imidazole rings is 1. The van der Waals surface area contributed by atoms with Crippen LogP contribution in [0.1, 0.15) is 31.3 Å². The van der Waals surface area contributed by atoms with Gasteiger partial charge in [0.1, 0.15) is 5.82 Å². The van der Waals surface area contributed by atoms with Crippen LogP contribution in [0.15, 0.2) is 6.20 Å². The number of aromatic nitrogens is 2. The predicted molar refractivity (Wildman–Crippen MR) is 76.3 cm³/mol.